The molecule has 1 atom stereocenters. The molecule has 1 aromatic rings. The number of ether oxygens (including phenoxy) is 1. The van der Waals surface area contributed by atoms with Crippen LogP contribution in [0.4, 0.5) is 0 Å². The Hall–Kier alpha value is -0.470. The van der Waals surface area contributed by atoms with E-state index < -0.39 is 0 Å². The highest BCUT2D eigenvalue weighted by Crippen LogP contribution is 2.31. The second kappa shape index (κ2) is 8.74. The van der Waals surface area contributed by atoms with E-state index >= 15 is 0 Å². The Morgan fingerprint density at radius 3 is 2.50 bits per heavy atom. The molecule has 0 amide bonds. The molecular weight excluding hydrogens is 326 g/mol. The summed E-state index contributed by atoms with van der Waals surface area (Å²) in [7, 11) is 3.37. The second-order valence-electron chi connectivity index (χ2n) is 4.50. The predicted molar refractivity (Wildman–Crippen MR) is 94.3 cm³/mol. The minimum atomic E-state index is -0.291. The van der Waals surface area contributed by atoms with Crippen LogP contribution >= 0.6 is 14.9 Å². The molecule has 0 spiro atoms. The Bertz CT molecular complexity index is 482. The lowest BCUT2D eigenvalue weighted by Crippen LogP contribution is -2.24. The van der Waals surface area contributed by atoms with E-state index in [0.717, 1.165) is 31.5 Å². The first-order valence-electron chi connectivity index (χ1n) is 6.27. The fraction of sp³-hybridized carbons (Fsp3) is 0.462. The minimum Gasteiger partial charge on any atom is -0.478 e. The molecule has 0 N–H and O–H groups in total. The quantitative estimate of drug-likeness (QED) is 0.391. The van der Waals surface area contributed by atoms with Crippen molar-refractivity contribution >= 4 is 44.7 Å². The number of rotatable bonds is 8. The Balaban J connectivity index is 2.73. The summed E-state index contributed by atoms with van der Waals surface area (Å²) in [4.78, 5) is 0. The van der Waals surface area contributed by atoms with Gasteiger partial charge in [-0.15, -0.1) is 0 Å². The van der Waals surface area contributed by atoms with Gasteiger partial charge in [-0.25, -0.2) is 4.78 Å². The van der Waals surface area contributed by atoms with Crippen LogP contribution in [0.25, 0.3) is 0 Å². The van der Waals surface area contributed by atoms with E-state index in [-0.39, 0.29) is 5.34 Å². The van der Waals surface area contributed by atoms with Crippen LogP contribution < -0.4 is 4.74 Å². The lowest BCUT2D eigenvalue weighted by atomic mass is 10.2. The molecule has 0 saturated heterocycles. The molecule has 1 rings (SSSR count). The van der Waals surface area contributed by atoms with Crippen LogP contribution in [0.15, 0.2) is 29.4 Å². The first-order chi connectivity index (χ1) is 9.53. The van der Waals surface area contributed by atoms with Crippen molar-refractivity contribution in [2.24, 2.45) is 5.10 Å². The highest BCUT2D eigenvalue weighted by atomic mass is 32.4. The van der Waals surface area contributed by atoms with E-state index in [1.807, 2.05) is 31.3 Å². The van der Waals surface area contributed by atoms with Gasteiger partial charge in [-0.05, 0) is 55.0 Å². The average molecular weight is 344 g/mol. The van der Waals surface area contributed by atoms with Gasteiger partial charge >= 0.3 is 0 Å². The summed E-state index contributed by atoms with van der Waals surface area (Å²) in [5.41, 5.74) is 1.01. The van der Waals surface area contributed by atoms with Gasteiger partial charge < -0.3 is 4.74 Å². The van der Waals surface area contributed by atoms with E-state index in [1.54, 1.807) is 11.0 Å². The lowest BCUT2D eigenvalue weighted by molar-refractivity contribution is 0.173. The van der Waals surface area contributed by atoms with Gasteiger partial charge in [0.25, 0.3) is 0 Å². The summed E-state index contributed by atoms with van der Waals surface area (Å²) in [5, 5.41) is 3.91. The molecule has 0 fully saturated rings. The van der Waals surface area contributed by atoms with Crippen molar-refractivity contribution in [3.63, 3.8) is 0 Å². The zero-order valence-corrected chi connectivity index (χ0v) is 15.2. The smallest absolute Gasteiger partial charge is 0.157 e. The SMILES string of the molecule is CCCC(C)(Oc1ccc(/C=N/N(C)P=S)cc1)P=S. The van der Waals surface area contributed by atoms with Crippen molar-refractivity contribution in [2.45, 2.75) is 32.0 Å². The Morgan fingerprint density at radius 2 is 2.00 bits per heavy atom. The maximum Gasteiger partial charge on any atom is 0.157 e. The van der Waals surface area contributed by atoms with Crippen LogP contribution in [0, 0.1) is 0 Å². The second-order valence-corrected chi connectivity index (χ2v) is 7.41. The van der Waals surface area contributed by atoms with Gasteiger partial charge in [0.05, 0.1) is 6.21 Å². The standard InChI is InChI=1S/C13H18N2OP2S2/c1-4-9-13(2,17-19)16-12-7-5-11(6-8-12)10-14-15(3)18-20/h5-8,10H,4,9H2,1-3H3/b14-10+. The number of benzene rings is 1. The van der Waals surface area contributed by atoms with Gasteiger partial charge in [-0.3, -0.25) is 0 Å². The van der Waals surface area contributed by atoms with Crippen LogP contribution in [-0.4, -0.2) is 23.4 Å². The molecule has 0 aliphatic carbocycles. The largest absolute Gasteiger partial charge is 0.478 e. The third kappa shape index (κ3) is 5.88. The van der Waals surface area contributed by atoms with Crippen molar-refractivity contribution in [1.29, 1.82) is 0 Å². The number of hydrogen-bond acceptors (Lipinski definition) is 4. The van der Waals surface area contributed by atoms with Crippen LogP contribution in [0.2, 0.25) is 0 Å². The molecule has 0 aliphatic heterocycles. The molecule has 108 valence electrons. The molecule has 1 unspecified atom stereocenters. The van der Waals surface area contributed by atoms with Crippen LogP contribution in [0.5, 0.6) is 5.75 Å². The van der Waals surface area contributed by atoms with E-state index in [2.05, 4.69) is 18.9 Å². The maximum atomic E-state index is 6.00. The highest BCUT2D eigenvalue weighted by Gasteiger charge is 2.22. The molecule has 1 aromatic carbocycles. The number of hydrogen-bond donors (Lipinski definition) is 0. The summed E-state index contributed by atoms with van der Waals surface area (Å²) in [6, 6.07) is 7.83. The Labute approximate surface area is 134 Å². The normalized spacial score (nSPS) is 14.6. The predicted octanol–water partition coefficient (Wildman–Crippen LogP) is 4.58. The van der Waals surface area contributed by atoms with Crippen molar-refractivity contribution in [3.8, 4) is 5.75 Å². The highest BCUT2D eigenvalue weighted by molar-refractivity contribution is 7.97. The fourth-order valence-electron chi connectivity index (χ4n) is 1.63. The zero-order chi connectivity index (χ0) is 15.0. The van der Waals surface area contributed by atoms with Gasteiger partial charge in [0.15, 0.2) is 5.34 Å². The summed E-state index contributed by atoms with van der Waals surface area (Å²) < 4.78 is 7.68. The Kier molecular flexibility index (Phi) is 7.68. The van der Waals surface area contributed by atoms with Gasteiger partial charge in [-0.2, -0.15) is 5.10 Å². The molecule has 0 bridgehead atoms. The van der Waals surface area contributed by atoms with E-state index in [9.17, 15) is 0 Å². The molecule has 7 heteroatoms. The van der Waals surface area contributed by atoms with Crippen LogP contribution in [0.1, 0.15) is 32.3 Å². The van der Waals surface area contributed by atoms with Crippen LogP contribution in [-0.2, 0) is 23.6 Å². The summed E-state index contributed by atoms with van der Waals surface area (Å²) in [6.07, 6.45) is 3.78. The van der Waals surface area contributed by atoms with Crippen molar-refractivity contribution in [2.75, 3.05) is 7.05 Å². The third-order valence-electron chi connectivity index (χ3n) is 2.62. The van der Waals surface area contributed by atoms with Gasteiger partial charge in [0, 0.05) is 14.4 Å². The minimum absolute atomic E-state index is 0.291. The van der Waals surface area contributed by atoms with Gasteiger partial charge in [0.1, 0.15) is 13.3 Å². The van der Waals surface area contributed by atoms with E-state index in [4.69, 9.17) is 28.4 Å². The van der Waals surface area contributed by atoms with E-state index in [1.165, 1.54) is 0 Å². The average Bonchev–Trinajstić information content (AvgIpc) is 2.46. The van der Waals surface area contributed by atoms with Crippen LogP contribution in [0.3, 0.4) is 0 Å². The fourth-order valence-corrected chi connectivity index (χ4v) is 2.69. The molecule has 0 radical (unpaired) electrons. The molecule has 0 aliphatic rings. The molecular formula is C13H18N2OP2S2. The van der Waals surface area contributed by atoms with Gasteiger partial charge in [0.2, 0.25) is 0 Å². The lowest BCUT2D eigenvalue weighted by Gasteiger charge is -2.25. The maximum absolute atomic E-state index is 6.00. The zero-order valence-electron chi connectivity index (χ0n) is 11.8. The first-order valence-corrected chi connectivity index (χ1v) is 10.0. The summed E-state index contributed by atoms with van der Waals surface area (Å²) in [5.74, 6) is 0.838. The molecule has 0 aromatic heterocycles. The van der Waals surface area contributed by atoms with Gasteiger partial charge in [-0.1, -0.05) is 25.2 Å². The third-order valence-corrected chi connectivity index (χ3v) is 5.53. The van der Waals surface area contributed by atoms with Crippen molar-refractivity contribution in [1.82, 2.24) is 4.78 Å². The summed E-state index contributed by atoms with van der Waals surface area (Å²) >= 11 is 10.0. The molecule has 3 nitrogen and oxygen atoms in total. The van der Waals surface area contributed by atoms with Crippen molar-refractivity contribution < 1.29 is 4.74 Å². The molecule has 0 heterocycles. The number of nitrogens with zero attached hydrogens (tertiary/aromatic N) is 2. The number of hydrazone groups is 1. The molecule has 0 saturated carbocycles. The van der Waals surface area contributed by atoms with E-state index in [0.29, 0.717) is 7.51 Å². The monoisotopic (exact) mass is 344 g/mol. The first kappa shape index (κ1) is 17.6. The summed E-state index contributed by atoms with van der Waals surface area (Å²) in [6.45, 7) is 4.19. The molecule has 20 heavy (non-hydrogen) atoms. The van der Waals surface area contributed by atoms with Crippen molar-refractivity contribution in [3.05, 3.63) is 29.8 Å². The topological polar surface area (TPSA) is 24.8 Å². The Morgan fingerprint density at radius 1 is 1.35 bits per heavy atom.